The van der Waals surface area contributed by atoms with Crippen LogP contribution in [0.1, 0.15) is 0 Å². The van der Waals surface area contributed by atoms with Crippen LogP contribution in [0.3, 0.4) is 0 Å². The van der Waals surface area contributed by atoms with Crippen LogP contribution in [0, 0.1) is 0 Å². The summed E-state index contributed by atoms with van der Waals surface area (Å²) in [4.78, 5) is 21.6. The monoisotopic (exact) mass is 222 g/mol. The number of ether oxygens (including phenoxy) is 2. The second-order valence-electron chi connectivity index (χ2n) is 2.85. The summed E-state index contributed by atoms with van der Waals surface area (Å²) in [5.41, 5.74) is -0.615. The summed E-state index contributed by atoms with van der Waals surface area (Å²) in [6, 6.07) is 6.16. The Balaban J connectivity index is 2.70. The minimum absolute atomic E-state index is 0.230. The number of esters is 1. The number of hydrogen-bond acceptors (Lipinski definition) is 4. The molecule has 0 fully saturated rings. The van der Waals surface area contributed by atoms with Crippen molar-refractivity contribution in [3.8, 4) is 11.5 Å². The maximum absolute atomic E-state index is 11.2. The van der Waals surface area contributed by atoms with Gasteiger partial charge in [0.25, 0.3) is 0 Å². The van der Waals surface area contributed by atoms with Gasteiger partial charge in [0.05, 0.1) is 7.11 Å². The molecule has 0 unspecified atom stereocenters. The van der Waals surface area contributed by atoms with E-state index in [1.54, 1.807) is 12.1 Å². The molecule has 0 spiro atoms. The van der Waals surface area contributed by atoms with E-state index >= 15 is 0 Å². The molecule has 0 atom stereocenters. The van der Waals surface area contributed by atoms with Crippen molar-refractivity contribution < 1.29 is 24.2 Å². The SMILES string of the molecule is C=C(C(=O)O)C(=O)Oc1ccc(OC)cc1. The van der Waals surface area contributed by atoms with Crippen molar-refractivity contribution in [1.29, 1.82) is 0 Å². The number of rotatable bonds is 4. The van der Waals surface area contributed by atoms with Gasteiger partial charge in [-0.15, -0.1) is 0 Å². The first kappa shape index (κ1) is 11.8. The van der Waals surface area contributed by atoms with Crippen LogP contribution in [0.5, 0.6) is 11.5 Å². The Kier molecular flexibility index (Phi) is 3.66. The summed E-state index contributed by atoms with van der Waals surface area (Å²) in [6.45, 7) is 3.09. The standard InChI is InChI=1S/C11H10O5/c1-7(10(12)13)11(14)16-9-5-3-8(15-2)4-6-9/h3-6H,1H2,2H3,(H,12,13). The van der Waals surface area contributed by atoms with Crippen LogP contribution >= 0.6 is 0 Å². The van der Waals surface area contributed by atoms with Crippen molar-refractivity contribution in [1.82, 2.24) is 0 Å². The van der Waals surface area contributed by atoms with Gasteiger partial charge in [-0.1, -0.05) is 6.58 Å². The topological polar surface area (TPSA) is 72.8 Å². The molecule has 0 saturated carbocycles. The van der Waals surface area contributed by atoms with Gasteiger partial charge in [-0.25, -0.2) is 9.59 Å². The number of carbonyl (C=O) groups is 2. The highest BCUT2D eigenvalue weighted by atomic mass is 16.5. The molecule has 1 aromatic rings. The molecule has 5 heteroatoms. The van der Waals surface area contributed by atoms with Crippen LogP contribution < -0.4 is 9.47 Å². The molecule has 84 valence electrons. The number of carboxylic acids is 1. The van der Waals surface area contributed by atoms with E-state index in [9.17, 15) is 9.59 Å². The maximum atomic E-state index is 11.2. The van der Waals surface area contributed by atoms with Gasteiger partial charge >= 0.3 is 11.9 Å². The van der Waals surface area contributed by atoms with Crippen molar-refractivity contribution >= 4 is 11.9 Å². The number of methoxy groups -OCH3 is 1. The van der Waals surface area contributed by atoms with Crippen molar-refractivity contribution in [3.63, 3.8) is 0 Å². The number of hydrogen-bond donors (Lipinski definition) is 1. The normalized spacial score (nSPS) is 9.31. The van der Waals surface area contributed by atoms with E-state index in [-0.39, 0.29) is 5.75 Å². The molecule has 0 heterocycles. The second kappa shape index (κ2) is 4.97. The van der Waals surface area contributed by atoms with Gasteiger partial charge in [-0.2, -0.15) is 0 Å². The molecule has 1 aromatic carbocycles. The quantitative estimate of drug-likeness (QED) is 0.273. The summed E-state index contributed by atoms with van der Waals surface area (Å²) < 4.78 is 9.67. The van der Waals surface area contributed by atoms with Gasteiger partial charge in [0.2, 0.25) is 0 Å². The summed E-state index contributed by atoms with van der Waals surface area (Å²) in [5, 5.41) is 8.49. The lowest BCUT2D eigenvalue weighted by atomic mass is 10.3. The third-order valence-electron chi connectivity index (χ3n) is 1.77. The van der Waals surface area contributed by atoms with Gasteiger partial charge in [0, 0.05) is 0 Å². The lowest BCUT2D eigenvalue weighted by Crippen LogP contribution is -2.16. The lowest BCUT2D eigenvalue weighted by Gasteiger charge is -2.04. The first-order chi connectivity index (χ1) is 7.54. The number of carbonyl (C=O) groups excluding carboxylic acids is 1. The predicted octanol–water partition coefficient (Wildman–Crippen LogP) is 1.24. The van der Waals surface area contributed by atoms with Gasteiger partial charge in [0.15, 0.2) is 0 Å². The van der Waals surface area contributed by atoms with Crippen molar-refractivity contribution in [2.45, 2.75) is 0 Å². The van der Waals surface area contributed by atoms with Crippen LogP contribution in [0.15, 0.2) is 36.4 Å². The van der Waals surface area contributed by atoms with Crippen LogP contribution in [-0.2, 0) is 9.59 Å². The van der Waals surface area contributed by atoms with E-state index in [1.807, 2.05) is 0 Å². The highest BCUT2D eigenvalue weighted by molar-refractivity contribution is 6.13. The molecule has 16 heavy (non-hydrogen) atoms. The predicted molar refractivity (Wildman–Crippen MR) is 55.4 cm³/mol. The van der Waals surface area contributed by atoms with Crippen LogP contribution in [0.4, 0.5) is 0 Å². The Labute approximate surface area is 91.9 Å². The van der Waals surface area contributed by atoms with Crippen molar-refractivity contribution in [2.24, 2.45) is 0 Å². The maximum Gasteiger partial charge on any atom is 0.350 e. The average Bonchev–Trinajstić information content (AvgIpc) is 2.28. The minimum Gasteiger partial charge on any atom is -0.497 e. The van der Waals surface area contributed by atoms with E-state index in [4.69, 9.17) is 14.6 Å². The van der Waals surface area contributed by atoms with Crippen molar-refractivity contribution in [2.75, 3.05) is 7.11 Å². The molecule has 0 aliphatic rings. The molecule has 1 N–H and O–H groups in total. The Hall–Kier alpha value is -2.30. The Morgan fingerprint density at radius 1 is 1.19 bits per heavy atom. The summed E-state index contributed by atoms with van der Waals surface area (Å²) in [7, 11) is 1.51. The molecular formula is C11H10O5. The highest BCUT2D eigenvalue weighted by Crippen LogP contribution is 2.17. The minimum atomic E-state index is -1.40. The zero-order valence-electron chi connectivity index (χ0n) is 8.60. The van der Waals surface area contributed by atoms with E-state index in [1.165, 1.54) is 19.2 Å². The van der Waals surface area contributed by atoms with Crippen molar-refractivity contribution in [3.05, 3.63) is 36.4 Å². The molecule has 0 radical (unpaired) electrons. The van der Waals surface area contributed by atoms with Crippen LogP contribution in [-0.4, -0.2) is 24.2 Å². The van der Waals surface area contributed by atoms with Gasteiger partial charge in [-0.3, -0.25) is 0 Å². The molecule has 0 saturated heterocycles. The zero-order valence-corrected chi connectivity index (χ0v) is 8.60. The van der Waals surface area contributed by atoms with Gasteiger partial charge < -0.3 is 14.6 Å². The molecule has 0 aliphatic carbocycles. The smallest absolute Gasteiger partial charge is 0.350 e. The molecule has 0 aromatic heterocycles. The Morgan fingerprint density at radius 2 is 1.69 bits per heavy atom. The molecular weight excluding hydrogens is 212 g/mol. The fourth-order valence-corrected chi connectivity index (χ4v) is 0.900. The number of benzene rings is 1. The lowest BCUT2D eigenvalue weighted by molar-refractivity contribution is -0.138. The highest BCUT2D eigenvalue weighted by Gasteiger charge is 2.16. The van der Waals surface area contributed by atoms with Gasteiger partial charge in [0.1, 0.15) is 17.1 Å². The molecule has 0 bridgehead atoms. The number of carboxylic acid groups (broad SMARTS) is 1. The van der Waals surface area contributed by atoms with E-state index in [0.29, 0.717) is 5.75 Å². The summed E-state index contributed by atoms with van der Waals surface area (Å²) >= 11 is 0. The Morgan fingerprint density at radius 3 is 2.12 bits per heavy atom. The molecule has 0 amide bonds. The van der Waals surface area contributed by atoms with E-state index in [2.05, 4.69) is 6.58 Å². The van der Waals surface area contributed by atoms with E-state index < -0.39 is 17.5 Å². The summed E-state index contributed by atoms with van der Waals surface area (Å²) in [6.07, 6.45) is 0. The van der Waals surface area contributed by atoms with Crippen LogP contribution in [0.2, 0.25) is 0 Å². The third kappa shape index (κ3) is 2.84. The average molecular weight is 222 g/mol. The number of aliphatic carboxylic acids is 1. The summed E-state index contributed by atoms with van der Waals surface area (Å²) in [5.74, 6) is -1.55. The first-order valence-corrected chi connectivity index (χ1v) is 4.33. The zero-order chi connectivity index (χ0) is 12.1. The fourth-order valence-electron chi connectivity index (χ4n) is 0.900. The van der Waals surface area contributed by atoms with Gasteiger partial charge in [-0.05, 0) is 24.3 Å². The largest absolute Gasteiger partial charge is 0.497 e. The second-order valence-corrected chi connectivity index (χ2v) is 2.85. The molecule has 5 nitrogen and oxygen atoms in total. The third-order valence-corrected chi connectivity index (χ3v) is 1.77. The Bertz CT molecular complexity index is 419. The van der Waals surface area contributed by atoms with Crippen LogP contribution in [0.25, 0.3) is 0 Å². The molecule has 0 aliphatic heterocycles. The fraction of sp³-hybridized carbons (Fsp3) is 0.0909. The first-order valence-electron chi connectivity index (χ1n) is 4.33. The molecule has 1 rings (SSSR count). The van der Waals surface area contributed by atoms with E-state index in [0.717, 1.165) is 0 Å².